The topological polar surface area (TPSA) is 47.2 Å². The van der Waals surface area contributed by atoms with Crippen molar-refractivity contribution < 1.29 is 23.7 Å². The van der Waals surface area contributed by atoms with Crippen LogP contribution in [0.25, 0.3) is 0 Å². The lowest BCUT2D eigenvalue weighted by Crippen LogP contribution is -3.28. The molecule has 2 aromatic rings. The molecule has 1 aliphatic carbocycles. The Balaban J connectivity index is 1.42. The van der Waals surface area contributed by atoms with Gasteiger partial charge in [0.25, 0.3) is 5.91 Å². The summed E-state index contributed by atoms with van der Waals surface area (Å²) in [5, 5.41) is 3.20. The van der Waals surface area contributed by atoms with Crippen LogP contribution in [-0.2, 0) is 11.3 Å². The highest BCUT2D eigenvalue weighted by atomic mass is 19.1. The molecule has 1 saturated heterocycles. The third-order valence-electron chi connectivity index (χ3n) is 6.01. The minimum absolute atomic E-state index is 0.143. The van der Waals surface area contributed by atoms with Crippen LogP contribution in [0.2, 0.25) is 0 Å². The number of ether oxygens (including phenoxy) is 1. The predicted octanol–water partition coefficient (Wildman–Crippen LogP) is 0.138. The minimum Gasteiger partial charge on any atom is -0.496 e. The summed E-state index contributed by atoms with van der Waals surface area (Å²) in [6.07, 6.45) is 2.19. The molecule has 0 bridgehead atoms. The Kier molecular flexibility index (Phi) is 6.11. The molecule has 154 valence electrons. The fraction of sp³-hybridized carbons (Fsp3) is 0.435. The Bertz CT molecular complexity index is 833. The number of halogens is 1. The predicted molar refractivity (Wildman–Crippen MR) is 108 cm³/mol. The zero-order valence-corrected chi connectivity index (χ0v) is 16.9. The Morgan fingerprint density at radius 1 is 1.14 bits per heavy atom. The number of amides is 1. The third-order valence-corrected chi connectivity index (χ3v) is 6.01. The van der Waals surface area contributed by atoms with Crippen LogP contribution in [0.3, 0.4) is 0 Å². The number of nitrogens with one attached hydrogen (secondary N) is 3. The van der Waals surface area contributed by atoms with Crippen molar-refractivity contribution in [1.82, 2.24) is 5.32 Å². The third kappa shape index (κ3) is 4.95. The molecule has 0 unspecified atom stereocenters. The van der Waals surface area contributed by atoms with Crippen LogP contribution in [0.15, 0.2) is 48.5 Å². The van der Waals surface area contributed by atoms with Gasteiger partial charge in [0.15, 0.2) is 6.04 Å². The van der Waals surface area contributed by atoms with Crippen molar-refractivity contribution in [3.63, 3.8) is 0 Å². The maximum Gasteiger partial charge on any atom is 0.283 e. The van der Waals surface area contributed by atoms with Crippen molar-refractivity contribution in [2.24, 2.45) is 0 Å². The molecule has 1 aliphatic heterocycles. The Morgan fingerprint density at radius 2 is 1.86 bits per heavy atom. The molecule has 29 heavy (non-hydrogen) atoms. The number of quaternary nitrogens is 2. The van der Waals surface area contributed by atoms with Crippen LogP contribution in [0.4, 0.5) is 4.39 Å². The molecule has 1 amide bonds. The first-order valence-electron chi connectivity index (χ1n) is 10.5. The highest BCUT2D eigenvalue weighted by molar-refractivity contribution is 5.82. The molecule has 2 fully saturated rings. The molecule has 6 heteroatoms. The van der Waals surface area contributed by atoms with E-state index in [1.165, 1.54) is 15.9 Å². The van der Waals surface area contributed by atoms with E-state index in [9.17, 15) is 9.18 Å². The maximum absolute atomic E-state index is 13.7. The lowest BCUT2D eigenvalue weighted by molar-refractivity contribution is -1.03. The van der Waals surface area contributed by atoms with Crippen LogP contribution in [0.1, 0.15) is 30.0 Å². The molecular formula is C23H30FN3O2+2. The molecule has 1 saturated carbocycles. The Hall–Kier alpha value is -2.44. The average molecular weight is 400 g/mol. The Labute approximate surface area is 171 Å². The normalized spacial score (nSPS) is 22.7. The van der Waals surface area contributed by atoms with E-state index in [2.05, 4.69) is 17.4 Å². The number of carbonyl (C=O) groups is 1. The fourth-order valence-corrected chi connectivity index (χ4v) is 4.27. The first-order valence-corrected chi connectivity index (χ1v) is 10.5. The average Bonchev–Trinajstić information content (AvgIpc) is 3.54. The summed E-state index contributed by atoms with van der Waals surface area (Å²) in [5.41, 5.74) is 1.98. The van der Waals surface area contributed by atoms with Gasteiger partial charge in [-0.2, -0.15) is 0 Å². The standard InChI is InChI=1S/C23H28FN3O2/c1-29-21-10-7-19(24)15-18(21)16-26-11-13-27(14-12-26)22(17-5-3-2-4-6-17)23(28)25-20-8-9-20/h2-7,10,15,20,22H,8-9,11-14,16H2,1H3,(H,25,28)/p+2/t22-/m1/s1. The molecule has 4 rings (SSSR count). The number of rotatable bonds is 7. The lowest BCUT2D eigenvalue weighted by Gasteiger charge is -2.34. The van der Waals surface area contributed by atoms with E-state index >= 15 is 0 Å². The quantitative estimate of drug-likeness (QED) is 0.620. The van der Waals surface area contributed by atoms with Gasteiger partial charge in [0.1, 0.15) is 44.3 Å². The van der Waals surface area contributed by atoms with E-state index in [0.29, 0.717) is 6.04 Å². The molecule has 1 heterocycles. The molecule has 2 aromatic carbocycles. The van der Waals surface area contributed by atoms with E-state index < -0.39 is 0 Å². The summed E-state index contributed by atoms with van der Waals surface area (Å²) in [6.45, 7) is 4.43. The lowest BCUT2D eigenvalue weighted by atomic mass is 10.0. The molecule has 1 atom stereocenters. The van der Waals surface area contributed by atoms with Crippen molar-refractivity contribution in [1.29, 1.82) is 0 Å². The summed E-state index contributed by atoms with van der Waals surface area (Å²) >= 11 is 0. The van der Waals surface area contributed by atoms with Gasteiger partial charge in [0.05, 0.1) is 12.7 Å². The van der Waals surface area contributed by atoms with Gasteiger partial charge in [-0.05, 0) is 31.0 Å². The highest BCUT2D eigenvalue weighted by Crippen LogP contribution is 2.20. The molecule has 0 spiro atoms. The van der Waals surface area contributed by atoms with Crippen molar-refractivity contribution in [3.8, 4) is 5.75 Å². The first kappa shape index (κ1) is 19.9. The van der Waals surface area contributed by atoms with E-state index in [1.54, 1.807) is 19.2 Å². The fourth-order valence-electron chi connectivity index (χ4n) is 4.27. The summed E-state index contributed by atoms with van der Waals surface area (Å²) in [6, 6.07) is 15.0. The van der Waals surface area contributed by atoms with E-state index in [1.807, 2.05) is 18.2 Å². The Morgan fingerprint density at radius 3 is 2.52 bits per heavy atom. The van der Waals surface area contributed by atoms with Gasteiger partial charge in [0.2, 0.25) is 0 Å². The highest BCUT2D eigenvalue weighted by Gasteiger charge is 2.37. The number of benzene rings is 2. The smallest absolute Gasteiger partial charge is 0.283 e. The molecular weight excluding hydrogens is 369 g/mol. The van der Waals surface area contributed by atoms with E-state index in [0.717, 1.165) is 62.4 Å². The van der Waals surface area contributed by atoms with Gasteiger partial charge < -0.3 is 19.9 Å². The minimum atomic E-state index is -0.231. The second-order valence-corrected chi connectivity index (χ2v) is 8.17. The van der Waals surface area contributed by atoms with Crippen LogP contribution in [-0.4, -0.2) is 45.2 Å². The number of hydrogen-bond donors (Lipinski definition) is 3. The number of methoxy groups -OCH3 is 1. The van der Waals surface area contributed by atoms with E-state index in [4.69, 9.17) is 4.74 Å². The van der Waals surface area contributed by atoms with Crippen molar-refractivity contribution >= 4 is 5.91 Å². The summed E-state index contributed by atoms with van der Waals surface area (Å²) in [4.78, 5) is 15.7. The van der Waals surface area contributed by atoms with Gasteiger partial charge in [0, 0.05) is 11.6 Å². The monoisotopic (exact) mass is 399 g/mol. The maximum atomic E-state index is 13.7. The second kappa shape index (κ2) is 8.93. The van der Waals surface area contributed by atoms with Gasteiger partial charge in [-0.15, -0.1) is 0 Å². The SMILES string of the molecule is COc1ccc(F)cc1C[NH+]1CC[NH+]([C@@H](C(=O)NC2CC2)c2ccccc2)CC1. The molecule has 3 N–H and O–H groups in total. The van der Waals surface area contributed by atoms with Crippen molar-refractivity contribution in [2.45, 2.75) is 31.5 Å². The van der Waals surface area contributed by atoms with Crippen molar-refractivity contribution in [3.05, 3.63) is 65.5 Å². The molecule has 0 radical (unpaired) electrons. The van der Waals surface area contributed by atoms with Gasteiger partial charge in [-0.1, -0.05) is 30.3 Å². The van der Waals surface area contributed by atoms with Crippen LogP contribution in [0, 0.1) is 5.82 Å². The summed E-state index contributed by atoms with van der Waals surface area (Å²) in [7, 11) is 1.62. The molecule has 5 nitrogen and oxygen atoms in total. The van der Waals surface area contributed by atoms with Crippen LogP contribution in [0.5, 0.6) is 5.75 Å². The van der Waals surface area contributed by atoms with Gasteiger partial charge in [-0.25, -0.2) is 4.39 Å². The zero-order valence-electron chi connectivity index (χ0n) is 16.9. The molecule has 2 aliphatic rings. The summed E-state index contributed by atoms with van der Waals surface area (Å²) < 4.78 is 19.1. The largest absolute Gasteiger partial charge is 0.496 e. The second-order valence-electron chi connectivity index (χ2n) is 8.17. The number of piperazine rings is 1. The molecule has 0 aromatic heterocycles. The van der Waals surface area contributed by atoms with Gasteiger partial charge in [-0.3, -0.25) is 4.79 Å². The zero-order chi connectivity index (χ0) is 20.2. The van der Waals surface area contributed by atoms with Crippen LogP contribution < -0.4 is 19.9 Å². The number of hydrogen-bond acceptors (Lipinski definition) is 2. The van der Waals surface area contributed by atoms with Gasteiger partial charge >= 0.3 is 0 Å². The van der Waals surface area contributed by atoms with Crippen molar-refractivity contribution in [2.75, 3.05) is 33.3 Å². The van der Waals surface area contributed by atoms with E-state index in [-0.39, 0.29) is 17.8 Å². The number of carbonyl (C=O) groups excluding carboxylic acids is 1. The first-order chi connectivity index (χ1) is 14.1. The summed E-state index contributed by atoms with van der Waals surface area (Å²) in [5.74, 6) is 0.647. The van der Waals surface area contributed by atoms with Crippen LogP contribution >= 0.6 is 0 Å².